The van der Waals surface area contributed by atoms with E-state index in [9.17, 15) is 9.59 Å². The Kier molecular flexibility index (Phi) is 7.42. The van der Waals surface area contributed by atoms with Crippen LogP contribution in [0.5, 0.6) is 5.75 Å². The molecule has 180 valence electrons. The van der Waals surface area contributed by atoms with E-state index in [0.717, 1.165) is 23.1 Å². The molecule has 0 saturated heterocycles. The number of aryl methyl sites for hydroxylation is 2. The Labute approximate surface area is 209 Å². The first-order valence-corrected chi connectivity index (χ1v) is 11.8. The van der Waals surface area contributed by atoms with Crippen molar-refractivity contribution in [1.29, 1.82) is 0 Å². The second-order valence-corrected chi connectivity index (χ2v) is 8.83. The Morgan fingerprint density at radius 2 is 1.80 bits per heavy atom. The van der Waals surface area contributed by atoms with Crippen LogP contribution in [-0.2, 0) is 24.3 Å². The molecular weight excluding hydrogens is 462 g/mol. The van der Waals surface area contributed by atoms with E-state index in [1.54, 1.807) is 25.3 Å². The zero-order valence-electron chi connectivity index (χ0n) is 20.0. The molecular formula is C28H28ClN3O3. The average molecular weight is 490 g/mol. The standard InChI is InChI=1S/C28H28ClN3O3/c1-4-19-6-10-23(11-7-19)30-16-21-13-20-8-12-24(35-3)15-26(20)32(28(21)34)17-27(33)31-25-14-22(29)9-5-18(25)2/h5-15,30H,4,16-17H2,1-3H3,(H,31,33). The number of carbonyl (C=O) groups is 1. The topological polar surface area (TPSA) is 72.4 Å². The highest BCUT2D eigenvalue weighted by Crippen LogP contribution is 2.23. The summed E-state index contributed by atoms with van der Waals surface area (Å²) in [5, 5.41) is 7.57. The summed E-state index contributed by atoms with van der Waals surface area (Å²) in [4.78, 5) is 26.5. The number of carbonyl (C=O) groups excluding carboxylic acids is 1. The van der Waals surface area contributed by atoms with Crippen LogP contribution >= 0.6 is 11.6 Å². The number of benzene rings is 3. The number of anilines is 2. The zero-order valence-corrected chi connectivity index (χ0v) is 20.8. The number of hydrogen-bond acceptors (Lipinski definition) is 4. The summed E-state index contributed by atoms with van der Waals surface area (Å²) in [5.41, 5.74) is 4.63. The van der Waals surface area contributed by atoms with Crippen LogP contribution in [0.3, 0.4) is 0 Å². The van der Waals surface area contributed by atoms with Gasteiger partial charge < -0.3 is 15.4 Å². The molecule has 35 heavy (non-hydrogen) atoms. The molecule has 0 radical (unpaired) electrons. The van der Waals surface area contributed by atoms with Crippen molar-refractivity contribution in [3.63, 3.8) is 0 Å². The molecule has 0 bridgehead atoms. The quantitative estimate of drug-likeness (QED) is 0.329. The second kappa shape index (κ2) is 10.7. The summed E-state index contributed by atoms with van der Waals surface area (Å²) in [6, 6.07) is 20.8. The maximum Gasteiger partial charge on any atom is 0.256 e. The highest BCUT2D eigenvalue weighted by molar-refractivity contribution is 6.31. The van der Waals surface area contributed by atoms with Gasteiger partial charge in [0.1, 0.15) is 12.3 Å². The van der Waals surface area contributed by atoms with Gasteiger partial charge in [-0.25, -0.2) is 0 Å². The smallest absolute Gasteiger partial charge is 0.256 e. The van der Waals surface area contributed by atoms with E-state index in [2.05, 4.69) is 29.7 Å². The Balaban J connectivity index is 1.66. The molecule has 1 heterocycles. The van der Waals surface area contributed by atoms with E-state index < -0.39 is 0 Å². The highest BCUT2D eigenvalue weighted by Gasteiger charge is 2.14. The van der Waals surface area contributed by atoms with E-state index in [-0.39, 0.29) is 18.0 Å². The Bertz CT molecular complexity index is 1430. The van der Waals surface area contributed by atoms with Crippen molar-refractivity contribution in [1.82, 2.24) is 4.57 Å². The summed E-state index contributed by atoms with van der Waals surface area (Å²) >= 11 is 6.09. The third kappa shape index (κ3) is 5.66. The van der Waals surface area contributed by atoms with Crippen LogP contribution < -0.4 is 20.9 Å². The molecule has 0 aliphatic heterocycles. The molecule has 1 amide bonds. The van der Waals surface area contributed by atoms with E-state index in [1.165, 1.54) is 10.1 Å². The monoisotopic (exact) mass is 489 g/mol. The summed E-state index contributed by atoms with van der Waals surface area (Å²) in [6.45, 7) is 4.19. The first-order chi connectivity index (χ1) is 16.9. The molecule has 0 unspecified atom stereocenters. The van der Waals surface area contributed by atoms with Crippen LogP contribution in [0, 0.1) is 6.92 Å². The maximum absolute atomic E-state index is 13.5. The number of halogens is 1. The number of fused-ring (bicyclic) bond motifs is 1. The van der Waals surface area contributed by atoms with Crippen molar-refractivity contribution in [3.8, 4) is 5.75 Å². The SMILES string of the molecule is CCc1ccc(NCc2cc3ccc(OC)cc3n(CC(=O)Nc3cc(Cl)ccc3C)c2=O)cc1. The van der Waals surface area contributed by atoms with Gasteiger partial charge in [0.25, 0.3) is 5.56 Å². The predicted molar refractivity (Wildman–Crippen MR) is 143 cm³/mol. The Morgan fingerprint density at radius 1 is 1.03 bits per heavy atom. The number of nitrogens with zero attached hydrogens (tertiary/aromatic N) is 1. The molecule has 0 aliphatic carbocycles. The number of ether oxygens (including phenoxy) is 1. The molecule has 0 aliphatic rings. The zero-order chi connectivity index (χ0) is 24.9. The Hall–Kier alpha value is -3.77. The van der Waals surface area contributed by atoms with Crippen molar-refractivity contribution in [2.45, 2.75) is 33.4 Å². The minimum absolute atomic E-state index is 0.145. The summed E-state index contributed by atoms with van der Waals surface area (Å²) in [6.07, 6.45) is 0.968. The van der Waals surface area contributed by atoms with Gasteiger partial charge in [0.05, 0.1) is 12.6 Å². The molecule has 4 aromatic rings. The van der Waals surface area contributed by atoms with E-state index in [0.29, 0.717) is 34.1 Å². The lowest BCUT2D eigenvalue weighted by molar-refractivity contribution is -0.116. The summed E-state index contributed by atoms with van der Waals surface area (Å²) in [5.74, 6) is 0.292. The molecule has 1 aromatic heterocycles. The molecule has 0 saturated carbocycles. The van der Waals surface area contributed by atoms with E-state index in [1.807, 2.05) is 43.3 Å². The highest BCUT2D eigenvalue weighted by atomic mass is 35.5. The average Bonchev–Trinajstić information content (AvgIpc) is 2.87. The largest absolute Gasteiger partial charge is 0.497 e. The lowest BCUT2D eigenvalue weighted by Gasteiger charge is -2.15. The number of aromatic nitrogens is 1. The molecule has 0 spiro atoms. The van der Waals surface area contributed by atoms with Crippen molar-refractivity contribution >= 4 is 39.8 Å². The molecule has 3 aromatic carbocycles. The van der Waals surface area contributed by atoms with Crippen molar-refractivity contribution in [2.24, 2.45) is 0 Å². The van der Waals surface area contributed by atoms with Crippen LogP contribution in [0.1, 0.15) is 23.6 Å². The minimum atomic E-state index is -0.318. The predicted octanol–water partition coefficient (Wildman–Crippen LogP) is 5.79. The third-order valence-corrected chi connectivity index (χ3v) is 6.23. The summed E-state index contributed by atoms with van der Waals surface area (Å²) < 4.78 is 6.85. The van der Waals surface area contributed by atoms with Crippen LogP contribution in [0.25, 0.3) is 10.9 Å². The Morgan fingerprint density at radius 3 is 2.51 bits per heavy atom. The second-order valence-electron chi connectivity index (χ2n) is 8.40. The van der Waals surface area contributed by atoms with Gasteiger partial charge in [0.2, 0.25) is 5.91 Å². The lowest BCUT2D eigenvalue weighted by Crippen LogP contribution is -2.30. The molecule has 6 nitrogen and oxygen atoms in total. The fourth-order valence-electron chi connectivity index (χ4n) is 3.94. The lowest BCUT2D eigenvalue weighted by atomic mass is 10.1. The van der Waals surface area contributed by atoms with Crippen LogP contribution in [-0.4, -0.2) is 17.6 Å². The number of hydrogen-bond donors (Lipinski definition) is 2. The van der Waals surface area contributed by atoms with Gasteiger partial charge in [-0.05, 0) is 72.3 Å². The van der Waals surface area contributed by atoms with Gasteiger partial charge in [0.15, 0.2) is 0 Å². The van der Waals surface area contributed by atoms with Crippen LogP contribution in [0.2, 0.25) is 5.02 Å². The van der Waals surface area contributed by atoms with Crippen LogP contribution in [0.15, 0.2) is 71.5 Å². The molecule has 0 fully saturated rings. The van der Waals surface area contributed by atoms with Gasteiger partial charge >= 0.3 is 0 Å². The maximum atomic E-state index is 13.5. The van der Waals surface area contributed by atoms with Gasteiger partial charge in [-0.3, -0.25) is 14.2 Å². The van der Waals surface area contributed by atoms with Gasteiger partial charge in [-0.1, -0.05) is 36.7 Å². The van der Waals surface area contributed by atoms with Gasteiger partial charge in [-0.15, -0.1) is 0 Å². The van der Waals surface area contributed by atoms with Gasteiger partial charge in [0, 0.05) is 34.6 Å². The first-order valence-electron chi connectivity index (χ1n) is 11.5. The van der Waals surface area contributed by atoms with E-state index in [4.69, 9.17) is 16.3 Å². The van der Waals surface area contributed by atoms with E-state index >= 15 is 0 Å². The summed E-state index contributed by atoms with van der Waals surface area (Å²) in [7, 11) is 1.57. The normalized spacial score (nSPS) is 10.9. The van der Waals surface area contributed by atoms with Crippen molar-refractivity contribution < 1.29 is 9.53 Å². The minimum Gasteiger partial charge on any atom is -0.497 e. The molecule has 0 atom stereocenters. The fourth-order valence-corrected chi connectivity index (χ4v) is 4.11. The molecule has 4 rings (SSSR count). The van der Waals surface area contributed by atoms with Crippen molar-refractivity contribution in [2.75, 3.05) is 17.7 Å². The number of pyridine rings is 1. The third-order valence-electron chi connectivity index (χ3n) is 6.00. The first kappa shape index (κ1) is 24.4. The molecule has 7 heteroatoms. The number of nitrogens with one attached hydrogen (secondary N) is 2. The number of rotatable bonds is 8. The molecule has 2 N–H and O–H groups in total. The fraction of sp³-hybridized carbons (Fsp3) is 0.214. The van der Waals surface area contributed by atoms with Crippen molar-refractivity contribution in [3.05, 3.63) is 98.8 Å². The van der Waals surface area contributed by atoms with Crippen LogP contribution in [0.4, 0.5) is 11.4 Å². The van der Waals surface area contributed by atoms with Gasteiger partial charge in [-0.2, -0.15) is 0 Å². The number of amides is 1. The number of methoxy groups -OCH3 is 1.